The predicted molar refractivity (Wildman–Crippen MR) is 138 cm³/mol. The van der Waals surface area contributed by atoms with Crippen LogP contribution in [-0.4, -0.2) is 57.4 Å². The summed E-state index contributed by atoms with van der Waals surface area (Å²) in [5, 5.41) is 0. The van der Waals surface area contributed by atoms with Gasteiger partial charge in [0.05, 0.1) is 31.7 Å². The summed E-state index contributed by atoms with van der Waals surface area (Å²) in [6.45, 7) is 10.7. The van der Waals surface area contributed by atoms with Crippen LogP contribution in [0.5, 0.6) is 11.5 Å². The van der Waals surface area contributed by atoms with E-state index in [2.05, 4.69) is 20.8 Å². The third-order valence-corrected chi connectivity index (χ3v) is 8.51. The van der Waals surface area contributed by atoms with E-state index in [9.17, 15) is 13.2 Å². The van der Waals surface area contributed by atoms with Crippen molar-refractivity contribution in [2.45, 2.75) is 63.8 Å². The van der Waals surface area contributed by atoms with Crippen molar-refractivity contribution < 1.29 is 22.7 Å². The molecule has 3 rings (SSSR count). The maximum atomic E-state index is 13.5. The molecular weight excluding hydrogens is 464 g/mol. The van der Waals surface area contributed by atoms with E-state index in [1.807, 2.05) is 38.1 Å². The van der Waals surface area contributed by atoms with Crippen LogP contribution in [0.25, 0.3) is 0 Å². The highest BCUT2D eigenvalue weighted by molar-refractivity contribution is 7.89. The molecule has 192 valence electrons. The van der Waals surface area contributed by atoms with Crippen LogP contribution in [0.4, 0.5) is 0 Å². The van der Waals surface area contributed by atoms with Crippen LogP contribution in [0.2, 0.25) is 0 Å². The number of fused-ring (bicyclic) bond motifs is 1. The van der Waals surface area contributed by atoms with Gasteiger partial charge in [-0.1, -0.05) is 39.8 Å². The molecule has 1 aliphatic heterocycles. The SMILES string of the molecule is CCCN(CC(=O)N1CCc2cc(OC)c(OC)cc2C1C)S(=O)(=O)c1ccc(C(C)(C)C)cc1. The summed E-state index contributed by atoms with van der Waals surface area (Å²) in [5.74, 6) is 1.07. The molecule has 2 aromatic rings. The van der Waals surface area contributed by atoms with Crippen LogP contribution in [0.15, 0.2) is 41.3 Å². The zero-order chi connectivity index (χ0) is 26.0. The Hall–Kier alpha value is -2.58. The molecule has 1 heterocycles. The third-order valence-electron chi connectivity index (χ3n) is 6.65. The molecule has 0 radical (unpaired) electrons. The minimum Gasteiger partial charge on any atom is -0.493 e. The normalized spacial score (nSPS) is 16.2. The average Bonchev–Trinajstić information content (AvgIpc) is 2.82. The van der Waals surface area contributed by atoms with Crippen molar-refractivity contribution >= 4 is 15.9 Å². The van der Waals surface area contributed by atoms with E-state index in [0.29, 0.717) is 30.9 Å². The van der Waals surface area contributed by atoms with E-state index < -0.39 is 10.0 Å². The lowest BCUT2D eigenvalue weighted by Gasteiger charge is -2.37. The molecule has 0 bridgehead atoms. The molecular formula is C27H38N2O5S. The molecule has 0 aliphatic carbocycles. The largest absolute Gasteiger partial charge is 0.493 e. The Bertz CT molecular complexity index is 1150. The van der Waals surface area contributed by atoms with E-state index in [0.717, 1.165) is 16.7 Å². The van der Waals surface area contributed by atoms with Gasteiger partial charge in [-0.2, -0.15) is 4.31 Å². The summed E-state index contributed by atoms with van der Waals surface area (Å²) in [6, 6.07) is 10.7. The topological polar surface area (TPSA) is 76.2 Å². The first-order valence-electron chi connectivity index (χ1n) is 12.1. The Morgan fingerprint density at radius 1 is 1.09 bits per heavy atom. The first-order chi connectivity index (χ1) is 16.4. The van der Waals surface area contributed by atoms with Gasteiger partial charge in [-0.3, -0.25) is 4.79 Å². The maximum Gasteiger partial charge on any atom is 0.243 e. The molecule has 8 heteroatoms. The highest BCUT2D eigenvalue weighted by Gasteiger charge is 2.33. The monoisotopic (exact) mass is 502 g/mol. The molecule has 0 spiro atoms. The fraction of sp³-hybridized carbons (Fsp3) is 0.519. The molecule has 1 atom stereocenters. The Kier molecular flexibility index (Phi) is 8.17. The van der Waals surface area contributed by atoms with Gasteiger partial charge in [-0.15, -0.1) is 0 Å². The number of rotatable bonds is 8. The van der Waals surface area contributed by atoms with E-state index in [4.69, 9.17) is 9.47 Å². The standard InChI is InChI=1S/C27H38N2O5S/c1-8-14-28(35(31,32)22-11-9-21(10-12-22)27(3,4)5)18-26(30)29-15-13-20-16-24(33-6)25(34-7)17-23(20)19(29)2/h9-12,16-17,19H,8,13-15,18H2,1-7H3. The fourth-order valence-corrected chi connectivity index (χ4v) is 6.02. The zero-order valence-corrected chi connectivity index (χ0v) is 22.7. The van der Waals surface area contributed by atoms with Gasteiger partial charge in [0.15, 0.2) is 11.5 Å². The number of amides is 1. The molecule has 7 nitrogen and oxygen atoms in total. The molecule has 0 aromatic heterocycles. The number of hydrogen-bond donors (Lipinski definition) is 0. The second-order valence-electron chi connectivity index (χ2n) is 10.0. The lowest BCUT2D eigenvalue weighted by molar-refractivity contribution is -0.134. The molecule has 0 saturated carbocycles. The first-order valence-corrected chi connectivity index (χ1v) is 13.5. The van der Waals surface area contributed by atoms with E-state index >= 15 is 0 Å². The Balaban J connectivity index is 1.84. The molecule has 0 saturated heterocycles. The molecule has 1 aliphatic rings. The number of benzene rings is 2. The summed E-state index contributed by atoms with van der Waals surface area (Å²) < 4.78 is 39.1. The molecule has 1 amide bonds. The molecule has 1 unspecified atom stereocenters. The number of methoxy groups -OCH3 is 2. The summed E-state index contributed by atoms with van der Waals surface area (Å²) >= 11 is 0. The molecule has 0 fully saturated rings. The van der Waals surface area contributed by atoms with Crippen molar-refractivity contribution in [3.05, 3.63) is 53.1 Å². The van der Waals surface area contributed by atoms with Gasteiger partial charge in [0.25, 0.3) is 0 Å². The first kappa shape index (κ1) is 27.0. The number of ether oxygens (including phenoxy) is 2. The van der Waals surface area contributed by atoms with Gasteiger partial charge in [-0.25, -0.2) is 8.42 Å². The fourth-order valence-electron chi connectivity index (χ4n) is 4.54. The summed E-state index contributed by atoms with van der Waals surface area (Å²) in [6.07, 6.45) is 1.28. The van der Waals surface area contributed by atoms with E-state index in [1.165, 1.54) is 4.31 Å². The van der Waals surface area contributed by atoms with Crippen molar-refractivity contribution in [1.29, 1.82) is 0 Å². The summed E-state index contributed by atoms with van der Waals surface area (Å²) in [4.78, 5) is 15.4. The van der Waals surface area contributed by atoms with Gasteiger partial charge in [0, 0.05) is 13.1 Å². The molecule has 2 aromatic carbocycles. The van der Waals surface area contributed by atoms with Gasteiger partial charge >= 0.3 is 0 Å². The highest BCUT2D eigenvalue weighted by atomic mass is 32.2. The van der Waals surface area contributed by atoms with Crippen molar-refractivity contribution in [2.24, 2.45) is 0 Å². The summed E-state index contributed by atoms with van der Waals surface area (Å²) in [7, 11) is -0.619. The average molecular weight is 503 g/mol. The smallest absolute Gasteiger partial charge is 0.243 e. The van der Waals surface area contributed by atoms with Crippen molar-refractivity contribution in [2.75, 3.05) is 33.9 Å². The van der Waals surface area contributed by atoms with Gasteiger partial charge in [-0.05, 0) is 66.1 Å². The second kappa shape index (κ2) is 10.6. The Labute approximate surface area is 210 Å². The van der Waals surface area contributed by atoms with Crippen LogP contribution in [-0.2, 0) is 26.7 Å². The number of hydrogen-bond acceptors (Lipinski definition) is 5. The molecule has 35 heavy (non-hydrogen) atoms. The van der Waals surface area contributed by atoms with Gasteiger partial charge in [0.2, 0.25) is 15.9 Å². The van der Waals surface area contributed by atoms with Gasteiger partial charge < -0.3 is 14.4 Å². The lowest BCUT2D eigenvalue weighted by Crippen LogP contribution is -2.46. The van der Waals surface area contributed by atoms with Crippen molar-refractivity contribution in [3.63, 3.8) is 0 Å². The lowest BCUT2D eigenvalue weighted by atomic mass is 9.87. The quantitative estimate of drug-likeness (QED) is 0.529. The minimum atomic E-state index is -3.81. The van der Waals surface area contributed by atoms with Crippen LogP contribution < -0.4 is 9.47 Å². The second-order valence-corrected chi connectivity index (χ2v) is 12.0. The van der Waals surface area contributed by atoms with Crippen molar-refractivity contribution in [1.82, 2.24) is 9.21 Å². The number of sulfonamides is 1. The number of carbonyl (C=O) groups is 1. The van der Waals surface area contributed by atoms with Crippen LogP contribution in [0, 0.1) is 0 Å². The zero-order valence-electron chi connectivity index (χ0n) is 21.9. The number of nitrogens with zero attached hydrogens (tertiary/aromatic N) is 2. The van der Waals surface area contributed by atoms with Crippen LogP contribution >= 0.6 is 0 Å². The highest BCUT2D eigenvalue weighted by Crippen LogP contribution is 2.38. The predicted octanol–water partition coefficient (Wildman–Crippen LogP) is 4.55. The Morgan fingerprint density at radius 2 is 1.69 bits per heavy atom. The van der Waals surface area contributed by atoms with E-state index in [-0.39, 0.29) is 35.3 Å². The Morgan fingerprint density at radius 3 is 2.23 bits per heavy atom. The van der Waals surface area contributed by atoms with Crippen LogP contribution in [0.1, 0.15) is 63.8 Å². The maximum absolute atomic E-state index is 13.5. The van der Waals surface area contributed by atoms with Crippen molar-refractivity contribution in [3.8, 4) is 11.5 Å². The van der Waals surface area contributed by atoms with E-state index in [1.54, 1.807) is 31.3 Å². The van der Waals surface area contributed by atoms with Crippen LogP contribution in [0.3, 0.4) is 0 Å². The van der Waals surface area contributed by atoms with Gasteiger partial charge in [0.1, 0.15) is 0 Å². The minimum absolute atomic E-state index is 0.0746. The molecule has 0 N–H and O–H groups in total. The third kappa shape index (κ3) is 5.64. The number of carbonyl (C=O) groups excluding carboxylic acids is 1. The summed E-state index contributed by atoms with van der Waals surface area (Å²) in [5.41, 5.74) is 3.08.